The third-order valence-corrected chi connectivity index (χ3v) is 3.89. The fraction of sp³-hybridized carbons (Fsp3) is 0.500. The summed E-state index contributed by atoms with van der Waals surface area (Å²) in [7, 11) is 0. The first-order chi connectivity index (χ1) is 12.7. The second-order valence-corrected chi connectivity index (χ2v) is 7.07. The first-order valence-corrected chi connectivity index (χ1v) is 9.10. The lowest BCUT2D eigenvalue weighted by Crippen LogP contribution is -2.55. The molecule has 1 aromatic rings. The van der Waals surface area contributed by atoms with Crippen molar-refractivity contribution in [1.82, 2.24) is 16.0 Å². The van der Waals surface area contributed by atoms with Gasteiger partial charge in [-0.25, -0.2) is 0 Å². The summed E-state index contributed by atoms with van der Waals surface area (Å²) in [6.45, 7) is 6.78. The van der Waals surface area contributed by atoms with Crippen LogP contribution in [0.3, 0.4) is 0 Å². The van der Waals surface area contributed by atoms with Crippen LogP contribution in [0.4, 0.5) is 0 Å². The highest BCUT2D eigenvalue weighted by atomic mass is 16.2. The molecular weight excluding hydrogens is 346 g/mol. The Morgan fingerprint density at radius 2 is 1.52 bits per heavy atom. The van der Waals surface area contributed by atoms with Gasteiger partial charge in [0.15, 0.2) is 0 Å². The molecule has 7 heteroatoms. The SMILES string of the molecule is CC(=O)N[C@@H](Cc1ccccc1)C(=O)N[C@@H](CC(C)C)C(=O)N[C@@H](C)C=O. The van der Waals surface area contributed by atoms with Crippen LogP contribution < -0.4 is 16.0 Å². The van der Waals surface area contributed by atoms with Gasteiger partial charge in [-0.1, -0.05) is 44.2 Å². The van der Waals surface area contributed by atoms with E-state index in [1.165, 1.54) is 6.92 Å². The van der Waals surface area contributed by atoms with Gasteiger partial charge < -0.3 is 20.7 Å². The van der Waals surface area contributed by atoms with Crippen molar-refractivity contribution in [1.29, 1.82) is 0 Å². The standard InChI is InChI=1S/C20H29N3O4/c1-13(2)10-17(19(26)21-14(3)12-24)23-20(27)18(22-15(4)25)11-16-8-6-5-7-9-16/h5-9,12-14,17-18H,10-11H2,1-4H3,(H,21,26)(H,22,25)(H,23,27)/t14-,17-,18-/m0/s1. The van der Waals surface area contributed by atoms with Crippen molar-refractivity contribution in [2.45, 2.75) is 58.7 Å². The normalized spacial score (nSPS) is 14.0. The van der Waals surface area contributed by atoms with Crippen molar-refractivity contribution in [3.05, 3.63) is 35.9 Å². The lowest BCUT2D eigenvalue weighted by molar-refractivity contribution is -0.132. The fourth-order valence-electron chi connectivity index (χ4n) is 2.64. The van der Waals surface area contributed by atoms with Gasteiger partial charge in [0.25, 0.3) is 0 Å². The molecule has 1 aromatic carbocycles. The smallest absolute Gasteiger partial charge is 0.243 e. The van der Waals surface area contributed by atoms with Crippen LogP contribution in [-0.2, 0) is 25.6 Å². The van der Waals surface area contributed by atoms with E-state index in [4.69, 9.17) is 0 Å². The van der Waals surface area contributed by atoms with E-state index in [1.54, 1.807) is 6.92 Å². The molecule has 0 saturated carbocycles. The average molecular weight is 375 g/mol. The highest BCUT2D eigenvalue weighted by Crippen LogP contribution is 2.08. The monoisotopic (exact) mass is 375 g/mol. The van der Waals surface area contributed by atoms with Gasteiger partial charge in [0.05, 0.1) is 6.04 Å². The number of rotatable bonds is 10. The van der Waals surface area contributed by atoms with E-state index in [0.717, 1.165) is 5.56 Å². The van der Waals surface area contributed by atoms with Crippen LogP contribution in [0.25, 0.3) is 0 Å². The predicted octanol–water partition coefficient (Wildman–Crippen LogP) is 0.968. The van der Waals surface area contributed by atoms with E-state index < -0.39 is 29.9 Å². The Labute approximate surface area is 160 Å². The quantitative estimate of drug-likeness (QED) is 0.530. The number of carbonyl (C=O) groups excluding carboxylic acids is 4. The predicted molar refractivity (Wildman–Crippen MR) is 103 cm³/mol. The van der Waals surface area contributed by atoms with Crippen LogP contribution in [0.15, 0.2) is 30.3 Å². The number of nitrogens with one attached hydrogen (secondary N) is 3. The van der Waals surface area contributed by atoms with E-state index >= 15 is 0 Å². The molecule has 1 rings (SSSR count). The molecule has 0 spiro atoms. The van der Waals surface area contributed by atoms with Crippen molar-refractivity contribution in [2.24, 2.45) is 5.92 Å². The number of hydrogen-bond acceptors (Lipinski definition) is 4. The fourth-order valence-corrected chi connectivity index (χ4v) is 2.64. The Morgan fingerprint density at radius 1 is 0.926 bits per heavy atom. The molecule has 0 aromatic heterocycles. The van der Waals surface area contributed by atoms with E-state index in [9.17, 15) is 19.2 Å². The van der Waals surface area contributed by atoms with Crippen molar-refractivity contribution in [3.63, 3.8) is 0 Å². The maximum atomic E-state index is 12.8. The Morgan fingerprint density at radius 3 is 2.04 bits per heavy atom. The van der Waals surface area contributed by atoms with Crippen molar-refractivity contribution >= 4 is 24.0 Å². The number of hydrogen-bond donors (Lipinski definition) is 3. The highest BCUT2D eigenvalue weighted by Gasteiger charge is 2.27. The van der Waals surface area contributed by atoms with Gasteiger partial charge >= 0.3 is 0 Å². The summed E-state index contributed by atoms with van der Waals surface area (Å²) in [4.78, 5) is 47.5. The van der Waals surface area contributed by atoms with Crippen LogP contribution in [0.1, 0.15) is 39.7 Å². The van der Waals surface area contributed by atoms with Gasteiger partial charge in [0.1, 0.15) is 18.4 Å². The molecule has 3 N–H and O–H groups in total. The average Bonchev–Trinajstić information content (AvgIpc) is 2.60. The largest absolute Gasteiger partial charge is 0.345 e. The molecule has 7 nitrogen and oxygen atoms in total. The second kappa shape index (κ2) is 11.1. The minimum absolute atomic E-state index is 0.154. The van der Waals surface area contributed by atoms with E-state index in [1.807, 2.05) is 44.2 Å². The zero-order chi connectivity index (χ0) is 20.4. The van der Waals surface area contributed by atoms with Crippen molar-refractivity contribution in [3.8, 4) is 0 Å². The Balaban J connectivity index is 2.90. The van der Waals surface area contributed by atoms with Gasteiger partial charge in [-0.05, 0) is 24.8 Å². The molecule has 0 aliphatic heterocycles. The lowest BCUT2D eigenvalue weighted by Gasteiger charge is -2.24. The molecule has 148 valence electrons. The summed E-state index contributed by atoms with van der Waals surface area (Å²) in [5.41, 5.74) is 0.894. The molecule has 27 heavy (non-hydrogen) atoms. The maximum absolute atomic E-state index is 12.8. The molecule has 0 saturated heterocycles. The lowest BCUT2D eigenvalue weighted by atomic mass is 10.0. The Hall–Kier alpha value is -2.70. The summed E-state index contributed by atoms with van der Waals surface area (Å²) in [6.07, 6.45) is 1.36. The third kappa shape index (κ3) is 8.48. The highest BCUT2D eigenvalue weighted by molar-refractivity contribution is 5.92. The number of benzene rings is 1. The van der Waals surface area contributed by atoms with E-state index in [-0.39, 0.29) is 11.8 Å². The zero-order valence-electron chi connectivity index (χ0n) is 16.3. The summed E-state index contributed by atoms with van der Waals surface area (Å²) < 4.78 is 0. The topological polar surface area (TPSA) is 104 Å². The van der Waals surface area contributed by atoms with Crippen LogP contribution in [0.2, 0.25) is 0 Å². The molecule has 0 unspecified atom stereocenters. The molecule has 3 amide bonds. The van der Waals surface area contributed by atoms with Gasteiger partial charge in [-0.3, -0.25) is 14.4 Å². The zero-order valence-corrected chi connectivity index (χ0v) is 16.3. The number of aldehydes is 1. The van der Waals surface area contributed by atoms with Gasteiger partial charge in [0.2, 0.25) is 17.7 Å². The van der Waals surface area contributed by atoms with Crippen LogP contribution in [0.5, 0.6) is 0 Å². The van der Waals surface area contributed by atoms with Crippen molar-refractivity contribution in [2.75, 3.05) is 0 Å². The molecule has 0 fully saturated rings. The minimum Gasteiger partial charge on any atom is -0.345 e. The van der Waals surface area contributed by atoms with E-state index in [0.29, 0.717) is 19.1 Å². The number of amides is 3. The maximum Gasteiger partial charge on any atom is 0.243 e. The van der Waals surface area contributed by atoms with Gasteiger partial charge in [0, 0.05) is 13.3 Å². The third-order valence-electron chi connectivity index (χ3n) is 3.89. The summed E-state index contributed by atoms with van der Waals surface area (Å²) >= 11 is 0. The Bertz CT molecular complexity index is 646. The summed E-state index contributed by atoms with van der Waals surface area (Å²) in [5, 5.41) is 7.92. The molecule has 0 radical (unpaired) electrons. The van der Waals surface area contributed by atoms with Gasteiger partial charge in [-0.2, -0.15) is 0 Å². The second-order valence-electron chi connectivity index (χ2n) is 7.07. The Kier molecular flexibility index (Phi) is 9.19. The molecule has 0 heterocycles. The molecule has 3 atom stereocenters. The number of carbonyl (C=O) groups is 4. The summed E-state index contributed by atoms with van der Waals surface area (Å²) in [5.74, 6) is -1.03. The molecule has 0 aliphatic carbocycles. The van der Waals surface area contributed by atoms with E-state index in [2.05, 4.69) is 16.0 Å². The van der Waals surface area contributed by atoms with Crippen LogP contribution in [0, 0.1) is 5.92 Å². The van der Waals surface area contributed by atoms with Crippen LogP contribution in [-0.4, -0.2) is 42.1 Å². The molecule has 0 aliphatic rings. The van der Waals surface area contributed by atoms with Crippen LogP contribution >= 0.6 is 0 Å². The summed E-state index contributed by atoms with van der Waals surface area (Å²) in [6, 6.07) is 7.09. The van der Waals surface area contributed by atoms with Crippen molar-refractivity contribution < 1.29 is 19.2 Å². The molecular formula is C20H29N3O4. The molecule has 0 bridgehead atoms. The first kappa shape index (κ1) is 22.3. The minimum atomic E-state index is -0.796. The van der Waals surface area contributed by atoms with Gasteiger partial charge in [-0.15, -0.1) is 0 Å². The first-order valence-electron chi connectivity index (χ1n) is 9.10.